The topological polar surface area (TPSA) is 0 Å². The van der Waals surface area contributed by atoms with Crippen molar-refractivity contribution in [2.45, 2.75) is 11.1 Å². The monoisotopic (exact) mass is 356 g/mol. The molecule has 0 atom stereocenters. The average molecular weight is 357 g/mol. The van der Waals surface area contributed by atoms with E-state index in [1.807, 2.05) is 0 Å². The molecule has 0 saturated carbocycles. The number of hydrogen-bond donors (Lipinski definition) is 1. The van der Waals surface area contributed by atoms with Crippen LogP contribution in [0.2, 0.25) is 0 Å². The van der Waals surface area contributed by atoms with E-state index in [4.69, 9.17) is 0 Å². The Balaban J connectivity index is -0.0000000960. The van der Waals surface area contributed by atoms with Crippen molar-refractivity contribution in [3.05, 3.63) is 28.2 Å². The molecular formula is C7H9BrF8S. The molecule has 0 aliphatic heterocycles. The molecular weight excluding hydrogens is 348 g/mol. The zero-order valence-corrected chi connectivity index (χ0v) is 10.2. The Kier molecular flexibility index (Phi) is 18.7. The predicted octanol–water partition coefficient (Wildman–Crippen LogP) is 4.52. The third-order valence-corrected chi connectivity index (χ3v) is 1.93. The van der Waals surface area contributed by atoms with Gasteiger partial charge in [-0.05, 0) is 18.2 Å². The molecule has 0 radical (unpaired) electrons. The second-order valence-electron chi connectivity index (χ2n) is 2.20. The molecule has 0 amide bonds. The summed E-state index contributed by atoms with van der Waals surface area (Å²) in [7, 11) is 0. The predicted molar refractivity (Wildman–Crippen MR) is 58.9 cm³/mol. The number of benzene rings is 1. The Bertz CT molecular complexity index is 282. The van der Waals surface area contributed by atoms with Crippen LogP contribution in [0.4, 0.5) is 36.7 Å². The molecule has 0 N–H and O–H groups in total. The summed E-state index contributed by atoms with van der Waals surface area (Å²) in [6.45, 7) is 0. The van der Waals surface area contributed by atoms with E-state index >= 15 is 0 Å². The zero-order valence-electron chi connectivity index (χ0n) is 7.73. The van der Waals surface area contributed by atoms with Crippen molar-refractivity contribution in [1.29, 1.82) is 0 Å². The first-order chi connectivity index (χ1) is 5.39. The molecule has 0 saturated heterocycles. The summed E-state index contributed by atoms with van der Waals surface area (Å²) in [5.74, 6) is 0. The Morgan fingerprint density at radius 1 is 0.882 bits per heavy atom. The van der Waals surface area contributed by atoms with E-state index < -0.39 is 11.7 Å². The Hall–Kier alpha value is -0.510. The minimum absolute atomic E-state index is 0. The molecule has 0 spiro atoms. The normalized spacial score (nSPS) is 8.29. The van der Waals surface area contributed by atoms with Crippen molar-refractivity contribution < 1.29 is 36.7 Å². The van der Waals surface area contributed by atoms with Crippen molar-refractivity contribution in [2.75, 3.05) is 0 Å². The van der Waals surface area contributed by atoms with Crippen LogP contribution >= 0.6 is 28.6 Å². The van der Waals surface area contributed by atoms with Crippen LogP contribution < -0.4 is 0 Å². The summed E-state index contributed by atoms with van der Waals surface area (Å²) in [6.07, 6.45) is -4.30. The van der Waals surface area contributed by atoms with Gasteiger partial charge >= 0.3 is 6.18 Å². The number of halogens is 9. The molecule has 0 aliphatic rings. The second-order valence-corrected chi connectivity index (χ2v) is 3.63. The summed E-state index contributed by atoms with van der Waals surface area (Å²) in [6, 6.07) is 3.49. The molecule has 0 fully saturated rings. The maximum atomic E-state index is 12.1. The van der Waals surface area contributed by atoms with Crippen LogP contribution in [0.5, 0.6) is 0 Å². The Morgan fingerprint density at radius 2 is 1.29 bits per heavy atom. The third-order valence-electron chi connectivity index (χ3n) is 1.21. The van der Waals surface area contributed by atoms with Gasteiger partial charge in [-0.15, -0.1) is 12.6 Å². The minimum atomic E-state index is -4.30. The van der Waals surface area contributed by atoms with E-state index in [1.165, 1.54) is 6.07 Å². The molecule has 0 nitrogen and oxygen atoms in total. The Morgan fingerprint density at radius 3 is 1.59 bits per heavy atom. The SMILES string of the molecule is F.F.F.F.F.FC(F)(F)c1cc(S)cc(Br)c1. The molecule has 0 heterocycles. The van der Waals surface area contributed by atoms with Gasteiger partial charge in [0.15, 0.2) is 0 Å². The summed E-state index contributed by atoms with van der Waals surface area (Å²) in [5.41, 5.74) is -0.693. The lowest BCUT2D eigenvalue weighted by Crippen LogP contribution is -2.04. The molecule has 0 unspecified atom stereocenters. The van der Waals surface area contributed by atoms with Gasteiger partial charge in [-0.1, -0.05) is 15.9 Å². The number of thiol groups is 1. The first-order valence-electron chi connectivity index (χ1n) is 2.96. The van der Waals surface area contributed by atoms with Crippen molar-refractivity contribution in [2.24, 2.45) is 0 Å². The van der Waals surface area contributed by atoms with Gasteiger partial charge in [0.1, 0.15) is 0 Å². The van der Waals surface area contributed by atoms with Crippen LogP contribution in [0.25, 0.3) is 0 Å². The highest BCUT2D eigenvalue weighted by Crippen LogP contribution is 2.32. The quantitative estimate of drug-likeness (QED) is 0.512. The largest absolute Gasteiger partial charge is 0.416 e. The van der Waals surface area contributed by atoms with E-state index in [0.717, 1.165) is 12.1 Å². The van der Waals surface area contributed by atoms with Crippen molar-refractivity contribution in [3.63, 3.8) is 0 Å². The van der Waals surface area contributed by atoms with E-state index in [9.17, 15) is 13.2 Å². The van der Waals surface area contributed by atoms with Gasteiger partial charge in [0.2, 0.25) is 0 Å². The van der Waals surface area contributed by atoms with Gasteiger partial charge < -0.3 is 0 Å². The molecule has 106 valence electrons. The first kappa shape index (κ1) is 30.0. The highest BCUT2D eigenvalue weighted by Gasteiger charge is 2.30. The lowest BCUT2D eigenvalue weighted by atomic mass is 10.2. The number of rotatable bonds is 0. The molecule has 10 heteroatoms. The van der Waals surface area contributed by atoms with Gasteiger partial charge in [0, 0.05) is 9.37 Å². The molecule has 0 aromatic heterocycles. The molecule has 1 aromatic carbocycles. The molecule has 0 aliphatic carbocycles. The Labute approximate surface area is 105 Å². The minimum Gasteiger partial charge on any atom is -0.269 e. The van der Waals surface area contributed by atoms with E-state index in [2.05, 4.69) is 28.6 Å². The highest BCUT2D eigenvalue weighted by atomic mass is 79.9. The second kappa shape index (κ2) is 10.6. The zero-order chi connectivity index (χ0) is 9.35. The van der Waals surface area contributed by atoms with Crippen LogP contribution in [0.15, 0.2) is 27.6 Å². The van der Waals surface area contributed by atoms with Crippen LogP contribution in [-0.2, 0) is 6.18 Å². The summed E-state index contributed by atoms with van der Waals surface area (Å²) < 4.78 is 36.7. The van der Waals surface area contributed by atoms with Crippen molar-refractivity contribution >= 4 is 28.6 Å². The molecule has 1 aromatic rings. The fourth-order valence-electron chi connectivity index (χ4n) is 0.738. The number of hydrogen-bond acceptors (Lipinski definition) is 1. The van der Waals surface area contributed by atoms with Crippen LogP contribution in [0.1, 0.15) is 5.56 Å². The first-order valence-corrected chi connectivity index (χ1v) is 4.20. The van der Waals surface area contributed by atoms with E-state index in [1.54, 1.807) is 0 Å². The van der Waals surface area contributed by atoms with Gasteiger partial charge in [-0.25, -0.2) is 0 Å². The standard InChI is InChI=1S/C7H4BrF3S.5FH/c8-5-1-4(7(9,10)11)2-6(12)3-5;;;;;/h1-3,12H;5*1H. The fourth-order valence-corrected chi connectivity index (χ4v) is 1.69. The third kappa shape index (κ3) is 9.22. The molecule has 1 rings (SSSR count). The highest BCUT2D eigenvalue weighted by molar-refractivity contribution is 9.10. The van der Waals surface area contributed by atoms with Gasteiger partial charge in [0.05, 0.1) is 5.56 Å². The van der Waals surface area contributed by atoms with Crippen LogP contribution in [0, 0.1) is 0 Å². The summed E-state index contributed by atoms with van der Waals surface area (Å²) in [5, 5.41) is 0. The lowest BCUT2D eigenvalue weighted by Gasteiger charge is -2.07. The summed E-state index contributed by atoms with van der Waals surface area (Å²) in [4.78, 5) is 0.289. The van der Waals surface area contributed by atoms with Crippen molar-refractivity contribution in [1.82, 2.24) is 0 Å². The van der Waals surface area contributed by atoms with Crippen LogP contribution in [0.3, 0.4) is 0 Å². The maximum absolute atomic E-state index is 12.1. The average Bonchev–Trinajstić information content (AvgIpc) is 1.82. The van der Waals surface area contributed by atoms with E-state index in [0.29, 0.717) is 4.47 Å². The lowest BCUT2D eigenvalue weighted by molar-refractivity contribution is -0.137. The van der Waals surface area contributed by atoms with Gasteiger partial charge in [-0.3, -0.25) is 23.5 Å². The molecule has 17 heavy (non-hydrogen) atoms. The number of alkyl halides is 3. The summed E-state index contributed by atoms with van der Waals surface area (Å²) >= 11 is 6.78. The van der Waals surface area contributed by atoms with Crippen LogP contribution in [-0.4, -0.2) is 0 Å². The smallest absolute Gasteiger partial charge is 0.269 e. The van der Waals surface area contributed by atoms with Gasteiger partial charge in [-0.2, -0.15) is 13.2 Å². The maximum Gasteiger partial charge on any atom is 0.416 e. The fraction of sp³-hybridized carbons (Fsp3) is 0.143. The van der Waals surface area contributed by atoms with E-state index in [-0.39, 0.29) is 28.4 Å². The molecule has 0 bridgehead atoms. The van der Waals surface area contributed by atoms with Gasteiger partial charge in [0.25, 0.3) is 0 Å². The van der Waals surface area contributed by atoms with Crippen molar-refractivity contribution in [3.8, 4) is 0 Å².